The Morgan fingerprint density at radius 2 is 1.71 bits per heavy atom. The topological polar surface area (TPSA) is 87.2 Å². The molecule has 0 saturated carbocycles. The quantitative estimate of drug-likeness (QED) is 0.606. The van der Waals surface area contributed by atoms with Crippen molar-refractivity contribution >= 4 is 33.1 Å². The summed E-state index contributed by atoms with van der Waals surface area (Å²) in [5.41, 5.74) is 1.66. The maximum absolute atomic E-state index is 12.9. The van der Waals surface area contributed by atoms with Crippen molar-refractivity contribution in [3.63, 3.8) is 0 Å². The van der Waals surface area contributed by atoms with Gasteiger partial charge < -0.3 is 14.5 Å². The van der Waals surface area contributed by atoms with E-state index in [0.29, 0.717) is 37.4 Å². The number of ketones is 1. The van der Waals surface area contributed by atoms with Gasteiger partial charge in [-0.05, 0) is 31.2 Å². The van der Waals surface area contributed by atoms with Crippen molar-refractivity contribution in [1.29, 1.82) is 0 Å². The first kappa shape index (κ1) is 22.6. The fourth-order valence-corrected chi connectivity index (χ4v) is 4.43. The van der Waals surface area contributed by atoms with Crippen LogP contribution in [0.5, 0.6) is 5.75 Å². The van der Waals surface area contributed by atoms with E-state index in [-0.39, 0.29) is 18.2 Å². The minimum atomic E-state index is -3.71. The molecule has 8 nitrogen and oxygen atoms in total. The highest BCUT2D eigenvalue weighted by molar-refractivity contribution is 7.92. The second kappa shape index (κ2) is 9.38. The second-order valence-corrected chi connectivity index (χ2v) is 9.32. The molecule has 9 heteroatoms. The van der Waals surface area contributed by atoms with Crippen molar-refractivity contribution in [2.45, 2.75) is 6.92 Å². The number of amides is 1. The molecule has 31 heavy (non-hydrogen) atoms. The lowest BCUT2D eigenvalue weighted by Crippen LogP contribution is -2.52. The van der Waals surface area contributed by atoms with E-state index in [4.69, 9.17) is 4.74 Å². The molecule has 1 heterocycles. The summed E-state index contributed by atoms with van der Waals surface area (Å²) in [5.74, 6) is 0.323. The Morgan fingerprint density at radius 1 is 1.03 bits per heavy atom. The van der Waals surface area contributed by atoms with Gasteiger partial charge in [-0.2, -0.15) is 0 Å². The number of ether oxygens (including phenoxy) is 1. The average molecular weight is 446 g/mol. The van der Waals surface area contributed by atoms with Crippen LogP contribution in [0, 0.1) is 0 Å². The fourth-order valence-electron chi connectivity index (χ4n) is 3.59. The Hall–Kier alpha value is -3.07. The number of methoxy groups -OCH3 is 1. The highest BCUT2D eigenvalue weighted by Crippen LogP contribution is 2.28. The summed E-state index contributed by atoms with van der Waals surface area (Å²) >= 11 is 0. The van der Waals surface area contributed by atoms with Gasteiger partial charge in [0.1, 0.15) is 12.3 Å². The molecule has 0 unspecified atom stereocenters. The van der Waals surface area contributed by atoms with Crippen molar-refractivity contribution in [2.75, 3.05) is 55.3 Å². The molecule has 2 aromatic rings. The minimum absolute atomic E-state index is 0.172. The number of hydrogen-bond donors (Lipinski definition) is 0. The molecular weight excluding hydrogens is 418 g/mol. The van der Waals surface area contributed by atoms with Gasteiger partial charge in [-0.3, -0.25) is 13.9 Å². The third kappa shape index (κ3) is 5.35. The lowest BCUT2D eigenvalue weighted by atomic mass is 10.1. The molecule has 0 radical (unpaired) electrons. The number of carbonyl (C=O) groups is 2. The molecule has 166 valence electrons. The first-order valence-corrected chi connectivity index (χ1v) is 11.8. The Labute approximate surface area is 183 Å². The van der Waals surface area contributed by atoms with E-state index in [1.807, 2.05) is 24.3 Å². The Kier molecular flexibility index (Phi) is 6.84. The standard InChI is InChI=1S/C22H27N3O5S/c1-17(26)18-7-6-8-19(15-18)25(31(3,28)29)16-22(27)24-13-11-23(12-14-24)20-9-4-5-10-21(20)30-2/h4-10,15H,11-14,16H2,1-3H3. The number of Topliss-reactive ketones (excluding diaryl/α,β-unsaturated/α-hetero) is 1. The van der Waals surface area contributed by atoms with Crippen LogP contribution in [-0.2, 0) is 14.8 Å². The molecule has 1 fully saturated rings. The smallest absolute Gasteiger partial charge is 0.243 e. The largest absolute Gasteiger partial charge is 0.495 e. The highest BCUT2D eigenvalue weighted by atomic mass is 32.2. The van der Waals surface area contributed by atoms with Gasteiger partial charge >= 0.3 is 0 Å². The van der Waals surface area contributed by atoms with Gasteiger partial charge in [0.25, 0.3) is 0 Å². The molecule has 1 amide bonds. The molecule has 0 aromatic heterocycles. The number of anilines is 2. The molecule has 1 aliphatic rings. The predicted molar refractivity (Wildman–Crippen MR) is 120 cm³/mol. The van der Waals surface area contributed by atoms with Crippen molar-refractivity contribution in [3.8, 4) is 5.75 Å². The average Bonchev–Trinajstić information content (AvgIpc) is 2.76. The van der Waals surface area contributed by atoms with Crippen LogP contribution in [0.1, 0.15) is 17.3 Å². The Bertz CT molecular complexity index is 1060. The highest BCUT2D eigenvalue weighted by Gasteiger charge is 2.27. The van der Waals surface area contributed by atoms with Crippen LogP contribution in [0.2, 0.25) is 0 Å². The number of sulfonamides is 1. The summed E-state index contributed by atoms with van der Waals surface area (Å²) in [4.78, 5) is 28.4. The van der Waals surface area contributed by atoms with Crippen LogP contribution in [0.25, 0.3) is 0 Å². The lowest BCUT2D eigenvalue weighted by Gasteiger charge is -2.37. The van der Waals surface area contributed by atoms with Gasteiger partial charge in [-0.25, -0.2) is 8.42 Å². The molecule has 1 aliphatic heterocycles. The maximum atomic E-state index is 12.9. The zero-order valence-electron chi connectivity index (χ0n) is 17.9. The Balaban J connectivity index is 1.71. The molecule has 0 atom stereocenters. The van der Waals surface area contributed by atoms with Crippen LogP contribution < -0.4 is 13.9 Å². The molecule has 0 bridgehead atoms. The second-order valence-electron chi connectivity index (χ2n) is 7.42. The summed E-state index contributed by atoms with van der Waals surface area (Å²) in [6.07, 6.45) is 1.06. The van der Waals surface area contributed by atoms with Crippen molar-refractivity contribution in [1.82, 2.24) is 4.90 Å². The number of carbonyl (C=O) groups excluding carboxylic acids is 2. The zero-order chi connectivity index (χ0) is 22.6. The number of hydrogen-bond acceptors (Lipinski definition) is 6. The molecule has 1 saturated heterocycles. The van der Waals surface area contributed by atoms with Crippen LogP contribution >= 0.6 is 0 Å². The van der Waals surface area contributed by atoms with Crippen molar-refractivity contribution < 1.29 is 22.7 Å². The SMILES string of the molecule is COc1ccccc1N1CCN(C(=O)CN(c2cccc(C(C)=O)c2)S(C)(=O)=O)CC1. The first-order chi connectivity index (χ1) is 14.7. The van der Waals surface area contributed by atoms with Gasteiger partial charge in [0, 0.05) is 31.7 Å². The maximum Gasteiger partial charge on any atom is 0.243 e. The molecular formula is C22H27N3O5S. The van der Waals surface area contributed by atoms with Crippen molar-refractivity contribution in [2.24, 2.45) is 0 Å². The van der Waals surface area contributed by atoms with Gasteiger partial charge in [-0.15, -0.1) is 0 Å². The van der Waals surface area contributed by atoms with E-state index < -0.39 is 10.0 Å². The summed E-state index contributed by atoms with van der Waals surface area (Å²) < 4.78 is 31.2. The van der Waals surface area contributed by atoms with Crippen LogP contribution in [0.3, 0.4) is 0 Å². The normalized spacial score (nSPS) is 14.3. The van der Waals surface area contributed by atoms with E-state index >= 15 is 0 Å². The number of para-hydroxylation sites is 2. The van der Waals surface area contributed by atoms with Crippen LogP contribution in [0.4, 0.5) is 11.4 Å². The van der Waals surface area contributed by atoms with E-state index in [1.54, 1.807) is 30.2 Å². The molecule has 0 N–H and O–H groups in total. The fraction of sp³-hybridized carbons (Fsp3) is 0.364. The Morgan fingerprint density at radius 3 is 2.32 bits per heavy atom. The number of nitrogens with zero attached hydrogens (tertiary/aromatic N) is 3. The third-order valence-corrected chi connectivity index (χ3v) is 6.42. The van der Waals surface area contributed by atoms with E-state index in [9.17, 15) is 18.0 Å². The van der Waals surface area contributed by atoms with Crippen molar-refractivity contribution in [3.05, 3.63) is 54.1 Å². The molecule has 3 rings (SSSR count). The number of benzene rings is 2. The number of rotatable bonds is 7. The number of piperazine rings is 1. The summed E-state index contributed by atoms with van der Waals surface area (Å²) in [5, 5.41) is 0. The monoisotopic (exact) mass is 445 g/mol. The van der Waals surface area contributed by atoms with E-state index in [0.717, 1.165) is 22.0 Å². The third-order valence-electron chi connectivity index (χ3n) is 5.28. The summed E-state index contributed by atoms with van der Waals surface area (Å²) in [7, 11) is -2.08. The van der Waals surface area contributed by atoms with E-state index in [1.165, 1.54) is 13.0 Å². The van der Waals surface area contributed by atoms with Crippen LogP contribution in [-0.4, -0.2) is 71.1 Å². The zero-order valence-corrected chi connectivity index (χ0v) is 18.8. The van der Waals surface area contributed by atoms with Gasteiger partial charge in [-0.1, -0.05) is 24.3 Å². The first-order valence-electron chi connectivity index (χ1n) is 9.95. The van der Waals surface area contributed by atoms with Gasteiger partial charge in [0.15, 0.2) is 5.78 Å². The molecule has 0 aliphatic carbocycles. The predicted octanol–water partition coefficient (Wildman–Crippen LogP) is 2.01. The van der Waals surface area contributed by atoms with Gasteiger partial charge in [0.05, 0.1) is 24.7 Å². The van der Waals surface area contributed by atoms with Gasteiger partial charge in [0.2, 0.25) is 15.9 Å². The molecule has 2 aromatic carbocycles. The van der Waals surface area contributed by atoms with Crippen LogP contribution in [0.15, 0.2) is 48.5 Å². The summed E-state index contributed by atoms with van der Waals surface area (Å²) in [6, 6.07) is 14.0. The minimum Gasteiger partial charge on any atom is -0.495 e. The lowest BCUT2D eigenvalue weighted by molar-refractivity contribution is -0.129. The molecule has 0 spiro atoms. The summed E-state index contributed by atoms with van der Waals surface area (Å²) in [6.45, 7) is 3.28. The van der Waals surface area contributed by atoms with E-state index in [2.05, 4.69) is 4.90 Å².